The van der Waals surface area contributed by atoms with E-state index in [1.807, 2.05) is 32.9 Å². The molecule has 0 atom stereocenters. The van der Waals surface area contributed by atoms with Crippen molar-refractivity contribution in [3.05, 3.63) is 63.1 Å². The lowest BCUT2D eigenvalue weighted by molar-refractivity contribution is -0.108. The molecule has 0 unspecified atom stereocenters. The zero-order valence-electron chi connectivity index (χ0n) is 13.9. The Balaban J connectivity index is 2.41. The van der Waals surface area contributed by atoms with Crippen molar-refractivity contribution in [3.8, 4) is 0 Å². The molecule has 0 bridgehead atoms. The first-order valence-electron chi connectivity index (χ1n) is 7.52. The summed E-state index contributed by atoms with van der Waals surface area (Å²) in [5.41, 5.74) is 3.86. The number of carbonyl (C=O) groups is 1. The Morgan fingerprint density at radius 3 is 2.25 bits per heavy atom. The molecule has 6 heteroatoms. The van der Waals surface area contributed by atoms with Gasteiger partial charge < -0.3 is 4.79 Å². The highest BCUT2D eigenvalue weighted by Crippen LogP contribution is 2.24. The molecule has 128 valence electrons. The summed E-state index contributed by atoms with van der Waals surface area (Å²) in [5, 5.41) is 0. The summed E-state index contributed by atoms with van der Waals surface area (Å²) in [6.45, 7) is 5.76. The number of nitrogens with zero attached hydrogens (tertiary/aromatic N) is 1. The minimum absolute atomic E-state index is 0.162. The van der Waals surface area contributed by atoms with E-state index in [1.54, 1.807) is 24.3 Å². The van der Waals surface area contributed by atoms with Crippen molar-refractivity contribution in [3.63, 3.8) is 0 Å². The molecule has 2 aromatic carbocycles. The molecular formula is C18H20BrNO3S. The molecule has 0 fully saturated rings. The number of halogens is 1. The fraction of sp³-hybridized carbons (Fsp3) is 0.278. The average Bonchev–Trinajstić information content (AvgIpc) is 2.52. The maximum Gasteiger partial charge on any atom is 0.243 e. The van der Waals surface area contributed by atoms with E-state index in [2.05, 4.69) is 15.9 Å². The minimum atomic E-state index is -3.73. The van der Waals surface area contributed by atoms with E-state index >= 15 is 0 Å². The number of aldehydes is 1. The van der Waals surface area contributed by atoms with Gasteiger partial charge in [0, 0.05) is 11.0 Å². The third-order valence-corrected chi connectivity index (χ3v) is 6.58. The van der Waals surface area contributed by atoms with Gasteiger partial charge in [-0.3, -0.25) is 0 Å². The second-order valence-electron chi connectivity index (χ2n) is 5.81. The van der Waals surface area contributed by atoms with Crippen LogP contribution in [0.15, 0.2) is 45.8 Å². The van der Waals surface area contributed by atoms with Crippen LogP contribution in [0.2, 0.25) is 0 Å². The van der Waals surface area contributed by atoms with E-state index in [-0.39, 0.29) is 18.0 Å². The predicted octanol–water partition coefficient (Wildman–Crippen LogP) is 3.76. The van der Waals surface area contributed by atoms with Gasteiger partial charge >= 0.3 is 0 Å². The Morgan fingerprint density at radius 1 is 1.04 bits per heavy atom. The van der Waals surface area contributed by atoms with Crippen molar-refractivity contribution >= 4 is 32.2 Å². The monoisotopic (exact) mass is 409 g/mol. The van der Waals surface area contributed by atoms with Gasteiger partial charge in [-0.1, -0.05) is 39.7 Å². The van der Waals surface area contributed by atoms with Gasteiger partial charge in [-0.05, 0) is 55.7 Å². The molecule has 0 amide bonds. The summed E-state index contributed by atoms with van der Waals surface area (Å²) in [6, 6.07) is 10.6. The van der Waals surface area contributed by atoms with E-state index in [0.717, 1.165) is 26.7 Å². The molecule has 0 radical (unpaired) electrons. The van der Waals surface area contributed by atoms with E-state index in [0.29, 0.717) is 6.29 Å². The maximum absolute atomic E-state index is 12.9. The summed E-state index contributed by atoms with van der Waals surface area (Å²) in [4.78, 5) is 11.2. The molecule has 4 nitrogen and oxygen atoms in total. The number of hydrogen-bond acceptors (Lipinski definition) is 3. The van der Waals surface area contributed by atoms with Crippen molar-refractivity contribution < 1.29 is 13.2 Å². The molecule has 24 heavy (non-hydrogen) atoms. The molecule has 2 aromatic rings. The summed E-state index contributed by atoms with van der Waals surface area (Å²) in [7, 11) is -3.73. The Kier molecular flexibility index (Phi) is 5.96. The number of benzene rings is 2. The first-order chi connectivity index (χ1) is 11.3. The molecule has 0 aliphatic rings. The van der Waals surface area contributed by atoms with Crippen molar-refractivity contribution in [2.45, 2.75) is 32.2 Å². The van der Waals surface area contributed by atoms with Gasteiger partial charge in [0.2, 0.25) is 10.0 Å². The van der Waals surface area contributed by atoms with E-state index in [1.165, 1.54) is 4.31 Å². The fourth-order valence-corrected chi connectivity index (χ4v) is 4.19. The van der Waals surface area contributed by atoms with Crippen molar-refractivity contribution in [1.29, 1.82) is 0 Å². The standard InChI is InChI=1S/C18H20BrNO3S/c1-13-4-6-17(7-5-13)24(22,23)20(8-9-21)12-16-10-15(3)18(19)11-14(16)2/h4-7,9-11H,8,12H2,1-3H3. The first-order valence-corrected chi connectivity index (χ1v) is 9.75. The lowest BCUT2D eigenvalue weighted by Gasteiger charge is -2.21. The van der Waals surface area contributed by atoms with Gasteiger partial charge in [0.1, 0.15) is 6.29 Å². The Labute approximate surface area is 151 Å². The molecule has 0 aliphatic carbocycles. The van der Waals surface area contributed by atoms with Crippen LogP contribution in [0.1, 0.15) is 22.3 Å². The highest BCUT2D eigenvalue weighted by Gasteiger charge is 2.25. The van der Waals surface area contributed by atoms with Crippen LogP contribution >= 0.6 is 15.9 Å². The normalized spacial score (nSPS) is 11.7. The van der Waals surface area contributed by atoms with Gasteiger partial charge in [-0.2, -0.15) is 4.31 Å². The molecule has 0 saturated carbocycles. The molecular weight excluding hydrogens is 390 g/mol. The van der Waals surface area contributed by atoms with Gasteiger partial charge in [0.15, 0.2) is 0 Å². The number of rotatable bonds is 6. The second-order valence-corrected chi connectivity index (χ2v) is 8.60. The predicted molar refractivity (Wildman–Crippen MR) is 98.5 cm³/mol. The SMILES string of the molecule is Cc1ccc(S(=O)(=O)N(CC=O)Cc2cc(C)c(Br)cc2C)cc1. The molecule has 0 aromatic heterocycles. The van der Waals surface area contributed by atoms with Gasteiger partial charge in [0.05, 0.1) is 11.4 Å². The summed E-state index contributed by atoms with van der Waals surface area (Å²) < 4.78 is 27.9. The lowest BCUT2D eigenvalue weighted by Crippen LogP contribution is -2.32. The fourth-order valence-electron chi connectivity index (χ4n) is 2.39. The zero-order chi connectivity index (χ0) is 17.9. The topological polar surface area (TPSA) is 54.5 Å². The summed E-state index contributed by atoms with van der Waals surface area (Å²) >= 11 is 3.47. The largest absolute Gasteiger partial charge is 0.302 e. The molecule has 0 saturated heterocycles. The maximum atomic E-state index is 12.9. The van der Waals surface area contributed by atoms with Crippen LogP contribution in [-0.2, 0) is 21.4 Å². The van der Waals surface area contributed by atoms with Gasteiger partial charge in [-0.25, -0.2) is 8.42 Å². The average molecular weight is 410 g/mol. The number of aryl methyl sites for hydroxylation is 3. The quantitative estimate of drug-likeness (QED) is 0.682. The number of hydrogen-bond donors (Lipinski definition) is 0. The molecule has 0 aliphatic heterocycles. The van der Waals surface area contributed by atoms with Crippen LogP contribution in [0.25, 0.3) is 0 Å². The highest BCUT2D eigenvalue weighted by molar-refractivity contribution is 9.10. The van der Waals surface area contributed by atoms with Crippen molar-refractivity contribution in [1.82, 2.24) is 4.31 Å². The third kappa shape index (κ3) is 4.12. The number of carbonyl (C=O) groups excluding carboxylic acids is 1. The first kappa shape index (κ1) is 18.8. The van der Waals surface area contributed by atoms with E-state index in [9.17, 15) is 13.2 Å². The second kappa shape index (κ2) is 7.59. The third-order valence-electron chi connectivity index (χ3n) is 3.90. The van der Waals surface area contributed by atoms with Crippen LogP contribution in [-0.4, -0.2) is 25.6 Å². The Hall–Kier alpha value is -1.50. The Bertz CT molecular complexity index is 845. The van der Waals surface area contributed by atoms with E-state index in [4.69, 9.17) is 0 Å². The van der Waals surface area contributed by atoms with Crippen LogP contribution in [0.5, 0.6) is 0 Å². The van der Waals surface area contributed by atoms with Crippen LogP contribution in [0.3, 0.4) is 0 Å². The van der Waals surface area contributed by atoms with Gasteiger partial charge in [-0.15, -0.1) is 0 Å². The van der Waals surface area contributed by atoms with Crippen LogP contribution in [0, 0.1) is 20.8 Å². The molecule has 0 heterocycles. The van der Waals surface area contributed by atoms with Crippen LogP contribution in [0.4, 0.5) is 0 Å². The van der Waals surface area contributed by atoms with Crippen molar-refractivity contribution in [2.24, 2.45) is 0 Å². The van der Waals surface area contributed by atoms with E-state index < -0.39 is 10.0 Å². The molecule has 0 N–H and O–H groups in total. The summed E-state index contributed by atoms with van der Waals surface area (Å²) in [5.74, 6) is 0. The zero-order valence-corrected chi connectivity index (χ0v) is 16.3. The van der Waals surface area contributed by atoms with Crippen LogP contribution < -0.4 is 0 Å². The highest BCUT2D eigenvalue weighted by atomic mass is 79.9. The molecule has 0 spiro atoms. The van der Waals surface area contributed by atoms with Crippen molar-refractivity contribution in [2.75, 3.05) is 6.54 Å². The number of sulfonamides is 1. The Morgan fingerprint density at radius 2 is 1.67 bits per heavy atom. The molecule has 2 rings (SSSR count). The minimum Gasteiger partial charge on any atom is -0.302 e. The van der Waals surface area contributed by atoms with Gasteiger partial charge in [0.25, 0.3) is 0 Å². The smallest absolute Gasteiger partial charge is 0.243 e. The summed E-state index contributed by atoms with van der Waals surface area (Å²) in [6.07, 6.45) is 0.618. The lowest BCUT2D eigenvalue weighted by atomic mass is 10.1.